The van der Waals surface area contributed by atoms with Crippen molar-refractivity contribution in [3.63, 3.8) is 0 Å². The molecule has 2 heterocycles. The summed E-state index contributed by atoms with van der Waals surface area (Å²) < 4.78 is 54.2. The zero-order chi connectivity index (χ0) is 22.0. The van der Waals surface area contributed by atoms with Crippen LogP contribution in [0.2, 0.25) is 0 Å². The Bertz CT molecular complexity index is 1200. The number of para-hydroxylation sites is 1. The number of anilines is 1. The molecule has 4 rings (SSSR count). The normalized spacial score (nSPS) is 17.4. The smallest absolute Gasteiger partial charge is 0.286 e. The number of hydrogen-bond donors (Lipinski definition) is 1. The second kappa shape index (κ2) is 8.77. The molecule has 1 aliphatic rings. The minimum Gasteiger partial charge on any atom is -0.320 e. The molecule has 0 unspecified atom stereocenters. The Labute approximate surface area is 181 Å². The summed E-state index contributed by atoms with van der Waals surface area (Å²) in [6.45, 7) is 0.296. The molecule has 1 atom stereocenters. The van der Waals surface area contributed by atoms with Gasteiger partial charge in [-0.05, 0) is 37.1 Å². The summed E-state index contributed by atoms with van der Waals surface area (Å²) in [4.78, 5) is 11.8. The predicted molar refractivity (Wildman–Crippen MR) is 111 cm³/mol. The van der Waals surface area contributed by atoms with Gasteiger partial charge in [-0.15, -0.1) is 10.2 Å². The number of sulfonamides is 1. The molecule has 0 spiro atoms. The van der Waals surface area contributed by atoms with Crippen LogP contribution in [-0.4, -0.2) is 41.9 Å². The molecule has 1 amide bonds. The third kappa shape index (κ3) is 4.63. The number of carbonyl (C=O) groups is 1. The number of amides is 1. The lowest BCUT2D eigenvalue weighted by atomic mass is 10.0. The molecule has 3 aromatic rings. The average Bonchev–Trinajstić information content (AvgIpc) is 3.25. The first-order valence-corrected chi connectivity index (χ1v) is 11.8. The Morgan fingerprint density at radius 3 is 2.65 bits per heavy atom. The molecule has 1 fully saturated rings. The van der Waals surface area contributed by atoms with Crippen molar-refractivity contribution in [1.29, 1.82) is 0 Å². The van der Waals surface area contributed by atoms with Crippen LogP contribution >= 0.6 is 11.3 Å². The van der Waals surface area contributed by atoms with E-state index in [1.165, 1.54) is 4.31 Å². The van der Waals surface area contributed by atoms with Crippen molar-refractivity contribution in [1.82, 2.24) is 14.5 Å². The number of hydrogen-bond acceptors (Lipinski definition) is 6. The van der Waals surface area contributed by atoms with Gasteiger partial charge in [0.05, 0.1) is 0 Å². The lowest BCUT2D eigenvalue weighted by Crippen LogP contribution is -2.39. The Morgan fingerprint density at radius 2 is 1.90 bits per heavy atom. The quantitative estimate of drug-likeness (QED) is 0.623. The number of halogens is 2. The first-order valence-electron chi connectivity index (χ1n) is 9.49. The van der Waals surface area contributed by atoms with E-state index in [9.17, 15) is 22.0 Å². The van der Waals surface area contributed by atoms with E-state index in [0.717, 1.165) is 23.5 Å². The molecule has 7 nitrogen and oxygen atoms in total. The molecule has 0 radical (unpaired) electrons. The number of nitrogens with one attached hydrogen (secondary N) is 1. The predicted octanol–water partition coefficient (Wildman–Crippen LogP) is 3.64. The van der Waals surface area contributed by atoms with E-state index in [2.05, 4.69) is 15.5 Å². The fourth-order valence-electron chi connectivity index (χ4n) is 3.38. The summed E-state index contributed by atoms with van der Waals surface area (Å²) in [6, 6.07) is 11.3. The molecule has 31 heavy (non-hydrogen) atoms. The highest BCUT2D eigenvalue weighted by Gasteiger charge is 2.34. The van der Waals surface area contributed by atoms with E-state index in [0.29, 0.717) is 29.6 Å². The first kappa shape index (κ1) is 21.5. The van der Waals surface area contributed by atoms with Crippen molar-refractivity contribution >= 4 is 33.0 Å². The van der Waals surface area contributed by atoms with Crippen LogP contribution in [-0.2, 0) is 10.0 Å². The van der Waals surface area contributed by atoms with Crippen LogP contribution < -0.4 is 5.32 Å². The number of benzene rings is 2. The number of piperidine rings is 1. The number of nitrogens with zero attached hydrogens (tertiary/aromatic N) is 3. The van der Waals surface area contributed by atoms with Crippen molar-refractivity contribution in [2.45, 2.75) is 23.7 Å². The largest absolute Gasteiger partial charge is 0.320 e. The summed E-state index contributed by atoms with van der Waals surface area (Å²) in [5.74, 6) is -2.65. The second-order valence-electron chi connectivity index (χ2n) is 7.04. The van der Waals surface area contributed by atoms with Crippen LogP contribution in [0.5, 0.6) is 0 Å². The molecule has 1 aromatic heterocycles. The zero-order valence-corrected chi connectivity index (χ0v) is 17.8. The summed E-state index contributed by atoms with van der Waals surface area (Å²) in [5, 5.41) is 11.5. The molecule has 0 saturated carbocycles. The lowest BCUT2D eigenvalue weighted by molar-refractivity contribution is 0.102. The summed E-state index contributed by atoms with van der Waals surface area (Å²) >= 11 is 1.10. The Hall–Kier alpha value is -2.76. The summed E-state index contributed by atoms with van der Waals surface area (Å²) in [6.07, 6.45) is 1.20. The highest BCUT2D eigenvalue weighted by Crippen LogP contribution is 2.32. The van der Waals surface area contributed by atoms with E-state index < -0.39 is 32.5 Å². The molecule has 11 heteroatoms. The van der Waals surface area contributed by atoms with Gasteiger partial charge in [0.1, 0.15) is 21.5 Å². The molecule has 0 bridgehead atoms. The molecular formula is C20H18F2N4O3S2. The van der Waals surface area contributed by atoms with Crippen LogP contribution in [0.3, 0.4) is 0 Å². The van der Waals surface area contributed by atoms with Gasteiger partial charge in [-0.25, -0.2) is 17.2 Å². The van der Waals surface area contributed by atoms with E-state index in [-0.39, 0.29) is 24.0 Å². The van der Waals surface area contributed by atoms with E-state index in [1.807, 2.05) is 6.07 Å². The average molecular weight is 465 g/mol. The number of aromatic nitrogens is 2. The molecular weight excluding hydrogens is 446 g/mol. The van der Waals surface area contributed by atoms with Gasteiger partial charge in [-0.3, -0.25) is 4.79 Å². The van der Waals surface area contributed by atoms with Crippen molar-refractivity contribution in [3.8, 4) is 0 Å². The minimum atomic E-state index is -4.13. The maximum Gasteiger partial charge on any atom is 0.286 e. The Morgan fingerprint density at radius 1 is 1.13 bits per heavy atom. The van der Waals surface area contributed by atoms with Gasteiger partial charge in [-0.1, -0.05) is 29.5 Å². The van der Waals surface area contributed by atoms with Gasteiger partial charge in [0.25, 0.3) is 5.91 Å². The monoisotopic (exact) mass is 464 g/mol. The Kier molecular flexibility index (Phi) is 6.08. The van der Waals surface area contributed by atoms with Crippen LogP contribution in [0.1, 0.15) is 33.6 Å². The number of rotatable bonds is 5. The summed E-state index contributed by atoms with van der Waals surface area (Å²) in [7, 11) is -4.13. The molecule has 1 N–H and O–H groups in total. The standard InChI is InChI=1S/C20H18F2N4O3S2/c21-14-8-9-17(16(22)11-14)31(28,29)26-10-4-5-13(12-26)19-24-25-20(30-19)18(27)23-15-6-2-1-3-7-15/h1-3,6-9,11,13H,4-5,10,12H2,(H,23,27)/t13-/m1/s1. The van der Waals surface area contributed by atoms with Crippen LogP contribution in [0.15, 0.2) is 53.4 Å². The molecule has 1 saturated heterocycles. The fourth-order valence-corrected chi connectivity index (χ4v) is 5.82. The first-order chi connectivity index (χ1) is 14.8. The Balaban J connectivity index is 1.49. The fraction of sp³-hybridized carbons (Fsp3) is 0.250. The lowest BCUT2D eigenvalue weighted by Gasteiger charge is -2.30. The topological polar surface area (TPSA) is 92.3 Å². The summed E-state index contributed by atoms with van der Waals surface area (Å²) in [5.41, 5.74) is 0.625. The van der Waals surface area contributed by atoms with Gasteiger partial charge in [-0.2, -0.15) is 4.31 Å². The SMILES string of the molecule is O=C(Nc1ccccc1)c1nnc([C@@H]2CCCN(S(=O)(=O)c3ccc(F)cc3F)C2)s1. The van der Waals surface area contributed by atoms with Gasteiger partial charge < -0.3 is 5.32 Å². The number of carbonyl (C=O) groups excluding carboxylic acids is 1. The van der Waals surface area contributed by atoms with E-state index in [1.54, 1.807) is 24.3 Å². The highest BCUT2D eigenvalue weighted by molar-refractivity contribution is 7.89. The van der Waals surface area contributed by atoms with E-state index in [4.69, 9.17) is 0 Å². The molecule has 162 valence electrons. The van der Waals surface area contributed by atoms with Gasteiger partial charge in [0.2, 0.25) is 15.0 Å². The van der Waals surface area contributed by atoms with E-state index >= 15 is 0 Å². The molecule has 2 aromatic carbocycles. The van der Waals surface area contributed by atoms with Crippen molar-refractivity contribution in [3.05, 3.63) is 70.2 Å². The van der Waals surface area contributed by atoms with Crippen LogP contribution in [0.4, 0.5) is 14.5 Å². The molecule has 0 aliphatic carbocycles. The van der Waals surface area contributed by atoms with Gasteiger partial charge in [0.15, 0.2) is 0 Å². The van der Waals surface area contributed by atoms with Crippen molar-refractivity contribution < 1.29 is 22.0 Å². The van der Waals surface area contributed by atoms with Crippen molar-refractivity contribution in [2.75, 3.05) is 18.4 Å². The van der Waals surface area contributed by atoms with Gasteiger partial charge >= 0.3 is 0 Å². The van der Waals surface area contributed by atoms with Crippen LogP contribution in [0.25, 0.3) is 0 Å². The maximum atomic E-state index is 14.1. The third-order valence-electron chi connectivity index (χ3n) is 4.91. The van der Waals surface area contributed by atoms with Crippen LogP contribution in [0, 0.1) is 11.6 Å². The maximum absolute atomic E-state index is 14.1. The third-order valence-corrected chi connectivity index (χ3v) is 7.89. The second-order valence-corrected chi connectivity index (χ2v) is 9.96. The molecule has 1 aliphatic heterocycles. The highest BCUT2D eigenvalue weighted by atomic mass is 32.2. The minimum absolute atomic E-state index is 0.0775. The van der Waals surface area contributed by atoms with Crippen molar-refractivity contribution in [2.24, 2.45) is 0 Å². The van der Waals surface area contributed by atoms with Gasteiger partial charge in [0, 0.05) is 30.8 Å². The zero-order valence-electron chi connectivity index (χ0n) is 16.2.